The third-order valence-corrected chi connectivity index (χ3v) is 3.08. The highest BCUT2D eigenvalue weighted by atomic mass is 16.4. The average molecular weight is 242 g/mol. The number of carbonyl (C=O) groups excluding carboxylic acids is 1. The molecule has 0 radical (unpaired) electrons. The molecule has 5 heteroatoms. The zero-order chi connectivity index (χ0) is 12.7. The van der Waals surface area contributed by atoms with Gasteiger partial charge in [0.1, 0.15) is 0 Å². The molecule has 0 heterocycles. The topological polar surface area (TPSA) is 78.4 Å². The van der Waals surface area contributed by atoms with Crippen molar-refractivity contribution in [3.8, 4) is 0 Å². The first-order valence-electron chi connectivity index (χ1n) is 6.40. The molecule has 5 nitrogen and oxygen atoms in total. The number of nitrogens with one attached hydrogen (secondary N) is 2. The van der Waals surface area contributed by atoms with Crippen LogP contribution in [0.25, 0.3) is 0 Å². The van der Waals surface area contributed by atoms with Crippen LogP contribution in [0.3, 0.4) is 0 Å². The molecule has 1 aliphatic rings. The summed E-state index contributed by atoms with van der Waals surface area (Å²) in [6.07, 6.45) is 5.95. The van der Waals surface area contributed by atoms with Gasteiger partial charge in [0, 0.05) is 12.1 Å². The summed E-state index contributed by atoms with van der Waals surface area (Å²) in [5.74, 6) is -0.871. The molecule has 17 heavy (non-hydrogen) atoms. The van der Waals surface area contributed by atoms with E-state index >= 15 is 0 Å². The van der Waals surface area contributed by atoms with Gasteiger partial charge in [-0.25, -0.2) is 4.79 Å². The largest absolute Gasteiger partial charge is 0.481 e. The molecular formula is C12H22N2O3. The van der Waals surface area contributed by atoms with Crippen LogP contribution in [0.4, 0.5) is 4.79 Å². The third kappa shape index (κ3) is 5.56. The first-order valence-corrected chi connectivity index (χ1v) is 6.40. The van der Waals surface area contributed by atoms with Crippen molar-refractivity contribution in [1.29, 1.82) is 0 Å². The van der Waals surface area contributed by atoms with E-state index in [1.54, 1.807) is 0 Å². The van der Waals surface area contributed by atoms with Gasteiger partial charge < -0.3 is 15.7 Å². The van der Waals surface area contributed by atoms with Gasteiger partial charge >= 0.3 is 12.0 Å². The summed E-state index contributed by atoms with van der Waals surface area (Å²) in [6, 6.07) is -0.224. The number of hydrogen-bond acceptors (Lipinski definition) is 2. The van der Waals surface area contributed by atoms with Crippen LogP contribution < -0.4 is 10.6 Å². The molecule has 1 unspecified atom stereocenters. The van der Waals surface area contributed by atoms with Gasteiger partial charge in [-0.1, -0.05) is 26.2 Å². The Hall–Kier alpha value is -1.26. The normalized spacial score (nSPS) is 17.7. The van der Waals surface area contributed by atoms with Crippen LogP contribution in [0.5, 0.6) is 0 Å². The average Bonchev–Trinajstić information content (AvgIpc) is 2.69. The zero-order valence-corrected chi connectivity index (χ0v) is 10.4. The van der Waals surface area contributed by atoms with E-state index in [9.17, 15) is 9.59 Å². The Balaban J connectivity index is 2.31. The Morgan fingerprint density at radius 3 is 2.53 bits per heavy atom. The highest BCUT2D eigenvalue weighted by Crippen LogP contribution is 2.17. The lowest BCUT2D eigenvalue weighted by Gasteiger charge is -2.19. The Morgan fingerprint density at radius 1 is 1.35 bits per heavy atom. The maximum Gasteiger partial charge on any atom is 0.315 e. The summed E-state index contributed by atoms with van der Waals surface area (Å²) >= 11 is 0. The van der Waals surface area contributed by atoms with Crippen LogP contribution in [0, 0.1) is 0 Å². The van der Waals surface area contributed by atoms with Crippen molar-refractivity contribution in [2.45, 2.75) is 64.0 Å². The molecule has 1 aliphatic carbocycles. The van der Waals surface area contributed by atoms with Crippen molar-refractivity contribution in [2.24, 2.45) is 0 Å². The van der Waals surface area contributed by atoms with Crippen molar-refractivity contribution in [1.82, 2.24) is 10.6 Å². The molecule has 1 atom stereocenters. The number of rotatable bonds is 6. The number of hydrogen-bond donors (Lipinski definition) is 3. The predicted molar refractivity (Wildman–Crippen MR) is 64.9 cm³/mol. The molecule has 98 valence electrons. The molecule has 0 bridgehead atoms. The Kier molecular flexibility index (Phi) is 5.80. The molecule has 1 rings (SSSR count). The van der Waals surface area contributed by atoms with Crippen molar-refractivity contribution in [2.75, 3.05) is 0 Å². The summed E-state index contributed by atoms with van der Waals surface area (Å²) in [6.45, 7) is 1.98. The summed E-state index contributed by atoms with van der Waals surface area (Å²) in [7, 11) is 0. The molecule has 0 aromatic heterocycles. The van der Waals surface area contributed by atoms with Crippen LogP contribution in [-0.2, 0) is 4.79 Å². The first kappa shape index (κ1) is 13.8. The fourth-order valence-electron chi connectivity index (χ4n) is 2.27. The molecule has 1 fully saturated rings. The standard InChI is InChI=1S/C12H22N2O3/c1-2-5-10(8-11(15)16)14-12(17)13-9-6-3-4-7-9/h9-10H,2-8H2,1H3,(H,15,16)(H2,13,14,17). The number of aliphatic carboxylic acids is 1. The maximum absolute atomic E-state index is 11.7. The van der Waals surface area contributed by atoms with Gasteiger partial charge in [0.25, 0.3) is 0 Å². The minimum atomic E-state index is -0.871. The van der Waals surface area contributed by atoms with Crippen LogP contribution in [0.2, 0.25) is 0 Å². The Bertz CT molecular complexity index is 262. The van der Waals surface area contributed by atoms with E-state index < -0.39 is 5.97 Å². The lowest BCUT2D eigenvalue weighted by molar-refractivity contribution is -0.137. The zero-order valence-electron chi connectivity index (χ0n) is 10.4. The lowest BCUT2D eigenvalue weighted by atomic mass is 10.1. The monoisotopic (exact) mass is 242 g/mol. The van der Waals surface area contributed by atoms with Crippen LogP contribution in [0.15, 0.2) is 0 Å². The number of carboxylic acid groups (broad SMARTS) is 1. The number of amides is 2. The summed E-state index contributed by atoms with van der Waals surface area (Å²) in [4.78, 5) is 22.3. The van der Waals surface area contributed by atoms with Crippen LogP contribution in [0.1, 0.15) is 51.9 Å². The van der Waals surface area contributed by atoms with E-state index in [1.165, 1.54) is 12.8 Å². The van der Waals surface area contributed by atoms with E-state index in [1.807, 2.05) is 6.92 Å². The molecule has 0 aromatic carbocycles. The summed E-state index contributed by atoms with van der Waals surface area (Å²) in [5, 5.41) is 14.4. The number of carboxylic acids is 1. The number of urea groups is 1. The maximum atomic E-state index is 11.7. The minimum Gasteiger partial charge on any atom is -0.481 e. The van der Waals surface area contributed by atoms with Gasteiger partial charge in [0.2, 0.25) is 0 Å². The third-order valence-electron chi connectivity index (χ3n) is 3.08. The summed E-state index contributed by atoms with van der Waals surface area (Å²) in [5.41, 5.74) is 0. The molecule has 3 N–H and O–H groups in total. The van der Waals surface area contributed by atoms with Crippen molar-refractivity contribution in [3.63, 3.8) is 0 Å². The second kappa shape index (κ2) is 7.14. The van der Waals surface area contributed by atoms with Gasteiger partial charge in [0.15, 0.2) is 0 Å². The molecule has 2 amide bonds. The Labute approximate surface area is 102 Å². The van der Waals surface area contributed by atoms with Crippen LogP contribution >= 0.6 is 0 Å². The fourth-order valence-corrected chi connectivity index (χ4v) is 2.27. The van der Waals surface area contributed by atoms with Gasteiger partial charge in [-0.2, -0.15) is 0 Å². The molecule has 1 saturated carbocycles. The molecule has 0 saturated heterocycles. The smallest absolute Gasteiger partial charge is 0.315 e. The lowest BCUT2D eigenvalue weighted by Crippen LogP contribution is -2.46. The molecule has 0 spiro atoms. The fraction of sp³-hybridized carbons (Fsp3) is 0.833. The van der Waals surface area contributed by atoms with Gasteiger partial charge in [-0.05, 0) is 19.3 Å². The van der Waals surface area contributed by atoms with Gasteiger partial charge in [-0.15, -0.1) is 0 Å². The number of carbonyl (C=O) groups is 2. The van der Waals surface area contributed by atoms with E-state index in [4.69, 9.17) is 5.11 Å². The molecular weight excluding hydrogens is 220 g/mol. The highest BCUT2D eigenvalue weighted by molar-refractivity contribution is 5.76. The SMILES string of the molecule is CCCC(CC(=O)O)NC(=O)NC1CCCC1. The van der Waals surface area contributed by atoms with E-state index in [-0.39, 0.29) is 24.5 Å². The van der Waals surface area contributed by atoms with Crippen molar-refractivity contribution < 1.29 is 14.7 Å². The highest BCUT2D eigenvalue weighted by Gasteiger charge is 2.19. The van der Waals surface area contributed by atoms with Crippen molar-refractivity contribution in [3.05, 3.63) is 0 Å². The Morgan fingerprint density at radius 2 is 2.00 bits per heavy atom. The molecule has 0 aromatic rings. The first-order chi connectivity index (χ1) is 8.11. The van der Waals surface area contributed by atoms with Crippen molar-refractivity contribution >= 4 is 12.0 Å². The van der Waals surface area contributed by atoms with Crippen LogP contribution in [-0.4, -0.2) is 29.2 Å². The van der Waals surface area contributed by atoms with Gasteiger partial charge in [0.05, 0.1) is 6.42 Å². The van der Waals surface area contributed by atoms with E-state index in [2.05, 4.69) is 10.6 Å². The van der Waals surface area contributed by atoms with Gasteiger partial charge in [-0.3, -0.25) is 4.79 Å². The molecule has 0 aliphatic heterocycles. The minimum absolute atomic E-state index is 0.00801. The van der Waals surface area contributed by atoms with E-state index in [0.29, 0.717) is 6.42 Å². The second-order valence-electron chi connectivity index (χ2n) is 4.68. The second-order valence-corrected chi connectivity index (χ2v) is 4.68. The quantitative estimate of drug-likeness (QED) is 0.665. The predicted octanol–water partition coefficient (Wildman–Crippen LogP) is 1.87. The summed E-state index contributed by atoms with van der Waals surface area (Å²) < 4.78 is 0. The van der Waals surface area contributed by atoms with E-state index in [0.717, 1.165) is 19.3 Å².